The average Bonchev–Trinajstić information content (AvgIpc) is 2.94. The number of nitrogens with two attached hydrogens (primary N) is 1. The maximum atomic E-state index is 5.74. The first-order valence-corrected chi connectivity index (χ1v) is 6.98. The number of rotatable bonds is 3. The molecule has 3 heterocycles. The van der Waals surface area contributed by atoms with E-state index in [1.54, 1.807) is 6.20 Å². The third-order valence-corrected chi connectivity index (χ3v) is 3.79. The summed E-state index contributed by atoms with van der Waals surface area (Å²) in [5, 5.41) is 3.86. The molecule has 2 aromatic heterocycles. The van der Waals surface area contributed by atoms with Crippen LogP contribution in [0.25, 0.3) is 11.5 Å². The van der Waals surface area contributed by atoms with E-state index in [1.165, 1.54) is 0 Å². The Morgan fingerprint density at radius 1 is 1.40 bits per heavy atom. The lowest BCUT2D eigenvalue weighted by Crippen LogP contribution is -2.36. The van der Waals surface area contributed by atoms with E-state index >= 15 is 0 Å². The van der Waals surface area contributed by atoms with Crippen LogP contribution in [-0.2, 0) is 0 Å². The Hall–Kier alpha value is -1.95. The van der Waals surface area contributed by atoms with Crippen LogP contribution >= 0.6 is 0 Å². The Morgan fingerprint density at radius 2 is 2.20 bits per heavy atom. The minimum Gasteiger partial charge on any atom is -0.356 e. The van der Waals surface area contributed by atoms with Crippen molar-refractivity contribution in [1.29, 1.82) is 0 Å². The predicted octanol–water partition coefficient (Wildman–Crippen LogP) is 1.62. The van der Waals surface area contributed by atoms with E-state index in [1.807, 2.05) is 19.1 Å². The molecule has 6 heteroatoms. The summed E-state index contributed by atoms with van der Waals surface area (Å²) in [6.45, 7) is 4.53. The number of hydrogen-bond donors (Lipinski definition) is 1. The van der Waals surface area contributed by atoms with Gasteiger partial charge in [0, 0.05) is 19.3 Å². The highest BCUT2D eigenvalue weighted by Gasteiger charge is 2.23. The van der Waals surface area contributed by atoms with Crippen molar-refractivity contribution in [3.63, 3.8) is 0 Å². The van der Waals surface area contributed by atoms with Gasteiger partial charge in [-0.1, -0.05) is 5.16 Å². The van der Waals surface area contributed by atoms with Crippen LogP contribution in [0.4, 0.5) is 5.82 Å². The number of hydrogen-bond acceptors (Lipinski definition) is 6. The quantitative estimate of drug-likeness (QED) is 0.915. The van der Waals surface area contributed by atoms with Gasteiger partial charge in [0.25, 0.3) is 5.89 Å². The van der Waals surface area contributed by atoms with Crippen LogP contribution in [0.5, 0.6) is 0 Å². The standard InChI is InChI=1S/C14H19N5O/c1-10-17-14(20-18-10)12-3-2-6-16-13(12)19-7-4-11(9-15)5-8-19/h2-3,6,11H,4-5,7-9,15H2,1H3. The first-order valence-electron chi connectivity index (χ1n) is 6.98. The van der Waals surface area contributed by atoms with Gasteiger partial charge in [-0.15, -0.1) is 0 Å². The van der Waals surface area contributed by atoms with Crippen LogP contribution in [0.2, 0.25) is 0 Å². The summed E-state index contributed by atoms with van der Waals surface area (Å²) in [6.07, 6.45) is 4.02. The molecule has 1 aliphatic heterocycles. The molecule has 106 valence electrons. The Bertz CT molecular complexity index is 574. The fraction of sp³-hybridized carbons (Fsp3) is 0.500. The SMILES string of the molecule is Cc1noc(-c2cccnc2N2CCC(CN)CC2)n1. The number of nitrogens with zero attached hydrogens (tertiary/aromatic N) is 4. The van der Waals surface area contributed by atoms with Crippen LogP contribution in [-0.4, -0.2) is 34.8 Å². The summed E-state index contributed by atoms with van der Waals surface area (Å²) >= 11 is 0. The molecule has 2 aromatic rings. The van der Waals surface area contributed by atoms with Crippen molar-refractivity contribution in [1.82, 2.24) is 15.1 Å². The Morgan fingerprint density at radius 3 is 2.85 bits per heavy atom. The van der Waals surface area contributed by atoms with Gasteiger partial charge in [-0.05, 0) is 44.4 Å². The van der Waals surface area contributed by atoms with E-state index in [4.69, 9.17) is 10.3 Å². The first kappa shape index (κ1) is 13.1. The van der Waals surface area contributed by atoms with Gasteiger partial charge in [0.1, 0.15) is 5.82 Å². The maximum absolute atomic E-state index is 5.74. The average molecular weight is 273 g/mol. The minimum atomic E-state index is 0.534. The van der Waals surface area contributed by atoms with Crippen molar-refractivity contribution in [2.45, 2.75) is 19.8 Å². The van der Waals surface area contributed by atoms with Crippen molar-refractivity contribution in [3.05, 3.63) is 24.2 Å². The van der Waals surface area contributed by atoms with Gasteiger partial charge in [-0.3, -0.25) is 0 Å². The number of pyridine rings is 1. The molecule has 2 N–H and O–H groups in total. The highest BCUT2D eigenvalue weighted by molar-refractivity contribution is 5.69. The maximum Gasteiger partial charge on any atom is 0.261 e. The smallest absolute Gasteiger partial charge is 0.261 e. The molecule has 0 atom stereocenters. The third-order valence-electron chi connectivity index (χ3n) is 3.79. The zero-order valence-corrected chi connectivity index (χ0v) is 11.6. The van der Waals surface area contributed by atoms with E-state index in [0.717, 1.165) is 43.9 Å². The van der Waals surface area contributed by atoms with Crippen molar-refractivity contribution in [2.75, 3.05) is 24.5 Å². The molecule has 0 spiro atoms. The largest absolute Gasteiger partial charge is 0.356 e. The molecule has 0 aliphatic carbocycles. The monoisotopic (exact) mass is 273 g/mol. The summed E-state index contributed by atoms with van der Waals surface area (Å²) < 4.78 is 5.28. The van der Waals surface area contributed by atoms with E-state index < -0.39 is 0 Å². The Labute approximate surface area is 118 Å². The molecular weight excluding hydrogens is 254 g/mol. The second-order valence-electron chi connectivity index (χ2n) is 5.19. The molecule has 0 radical (unpaired) electrons. The minimum absolute atomic E-state index is 0.534. The van der Waals surface area contributed by atoms with Crippen LogP contribution in [0.15, 0.2) is 22.9 Å². The summed E-state index contributed by atoms with van der Waals surface area (Å²) in [7, 11) is 0. The zero-order valence-electron chi connectivity index (χ0n) is 11.6. The fourth-order valence-electron chi connectivity index (χ4n) is 2.60. The molecule has 1 aliphatic rings. The summed E-state index contributed by atoms with van der Waals surface area (Å²) in [5.74, 6) is 2.72. The zero-order chi connectivity index (χ0) is 13.9. The van der Waals surface area contributed by atoms with Crippen molar-refractivity contribution in [2.24, 2.45) is 11.7 Å². The van der Waals surface area contributed by atoms with Crippen LogP contribution < -0.4 is 10.6 Å². The molecule has 0 bridgehead atoms. The highest BCUT2D eigenvalue weighted by Crippen LogP contribution is 2.30. The van der Waals surface area contributed by atoms with E-state index in [9.17, 15) is 0 Å². The molecule has 3 rings (SSSR count). The van der Waals surface area contributed by atoms with E-state index in [-0.39, 0.29) is 0 Å². The number of aryl methyl sites for hydroxylation is 1. The van der Waals surface area contributed by atoms with E-state index in [0.29, 0.717) is 17.6 Å². The second-order valence-corrected chi connectivity index (χ2v) is 5.19. The van der Waals surface area contributed by atoms with Crippen LogP contribution in [0.1, 0.15) is 18.7 Å². The number of aromatic nitrogens is 3. The van der Waals surface area contributed by atoms with Crippen LogP contribution in [0.3, 0.4) is 0 Å². The molecule has 6 nitrogen and oxygen atoms in total. The molecule has 1 fully saturated rings. The van der Waals surface area contributed by atoms with Gasteiger partial charge >= 0.3 is 0 Å². The van der Waals surface area contributed by atoms with Crippen LogP contribution in [0, 0.1) is 12.8 Å². The third kappa shape index (κ3) is 2.51. The number of anilines is 1. The van der Waals surface area contributed by atoms with Crippen molar-refractivity contribution < 1.29 is 4.52 Å². The lowest BCUT2D eigenvalue weighted by molar-refractivity contribution is 0.411. The Balaban J connectivity index is 1.87. The molecule has 0 saturated carbocycles. The molecule has 0 unspecified atom stereocenters. The normalized spacial score (nSPS) is 16.6. The molecule has 0 aromatic carbocycles. The fourth-order valence-corrected chi connectivity index (χ4v) is 2.60. The molecular formula is C14H19N5O. The van der Waals surface area contributed by atoms with Crippen molar-refractivity contribution in [3.8, 4) is 11.5 Å². The summed E-state index contributed by atoms with van der Waals surface area (Å²) in [4.78, 5) is 11.1. The summed E-state index contributed by atoms with van der Waals surface area (Å²) in [5.41, 5.74) is 6.65. The highest BCUT2D eigenvalue weighted by atomic mass is 16.5. The van der Waals surface area contributed by atoms with Gasteiger partial charge < -0.3 is 15.2 Å². The Kier molecular flexibility index (Phi) is 3.64. The lowest BCUT2D eigenvalue weighted by Gasteiger charge is -2.32. The van der Waals surface area contributed by atoms with Gasteiger partial charge in [-0.2, -0.15) is 4.98 Å². The summed E-state index contributed by atoms with van der Waals surface area (Å²) in [6, 6.07) is 3.87. The molecule has 1 saturated heterocycles. The van der Waals surface area contributed by atoms with Gasteiger partial charge in [0.2, 0.25) is 0 Å². The predicted molar refractivity (Wildman–Crippen MR) is 76.3 cm³/mol. The first-order chi connectivity index (χ1) is 9.78. The van der Waals surface area contributed by atoms with Gasteiger partial charge in [0.15, 0.2) is 5.82 Å². The number of piperidine rings is 1. The van der Waals surface area contributed by atoms with Crippen molar-refractivity contribution >= 4 is 5.82 Å². The topological polar surface area (TPSA) is 81.1 Å². The van der Waals surface area contributed by atoms with Gasteiger partial charge in [0.05, 0.1) is 5.56 Å². The van der Waals surface area contributed by atoms with Gasteiger partial charge in [-0.25, -0.2) is 4.98 Å². The molecule has 0 amide bonds. The lowest BCUT2D eigenvalue weighted by atomic mass is 9.97. The van der Waals surface area contributed by atoms with E-state index in [2.05, 4.69) is 20.0 Å². The second kappa shape index (κ2) is 5.58. The molecule has 20 heavy (non-hydrogen) atoms.